The number of ether oxygens (including phenoxy) is 1. The Morgan fingerprint density at radius 2 is 1.65 bits per heavy atom. The number of rotatable bonds is 9. The third-order valence-electron chi connectivity index (χ3n) is 7.35. The number of methoxy groups -OCH3 is 1. The molecule has 1 aliphatic carbocycles. The molecule has 3 N–H and O–H groups in total. The van der Waals surface area contributed by atoms with Crippen LogP contribution in [-0.2, 0) is 14.3 Å². The lowest BCUT2D eigenvalue weighted by atomic mass is 9.84. The van der Waals surface area contributed by atoms with Gasteiger partial charge in [-0.1, -0.05) is 19.8 Å². The summed E-state index contributed by atoms with van der Waals surface area (Å²) in [7, 11) is 1.46. The molecular formula is C26H41ClN4O3. The van der Waals surface area contributed by atoms with Gasteiger partial charge in [-0.3, -0.25) is 15.0 Å². The second kappa shape index (κ2) is 13.6. The molecule has 1 amide bonds. The molecule has 190 valence electrons. The van der Waals surface area contributed by atoms with Crippen molar-refractivity contribution in [2.45, 2.75) is 70.8 Å². The molecule has 2 fully saturated rings. The number of halogens is 1. The predicted octanol–water partition coefficient (Wildman–Crippen LogP) is 4.36. The summed E-state index contributed by atoms with van der Waals surface area (Å²) in [5.74, 6) is 0.323. The van der Waals surface area contributed by atoms with E-state index in [9.17, 15) is 9.59 Å². The normalized spacial score (nSPS) is 20.8. The van der Waals surface area contributed by atoms with Crippen molar-refractivity contribution in [3.05, 3.63) is 29.8 Å². The van der Waals surface area contributed by atoms with Gasteiger partial charge in [-0.05, 0) is 69.2 Å². The number of hydrogen-bond donors (Lipinski definition) is 2. The first kappa shape index (κ1) is 28.0. The van der Waals surface area contributed by atoms with Crippen molar-refractivity contribution in [3.63, 3.8) is 0 Å². The third-order valence-corrected chi connectivity index (χ3v) is 7.35. The molecule has 2 aliphatic rings. The van der Waals surface area contributed by atoms with Crippen molar-refractivity contribution in [1.29, 1.82) is 5.41 Å². The molecule has 1 aliphatic heterocycles. The molecule has 1 saturated heterocycles. The number of hydrogen-bond acceptors (Lipinski definition) is 5. The second-order valence-electron chi connectivity index (χ2n) is 9.49. The Morgan fingerprint density at radius 1 is 1.03 bits per heavy atom. The van der Waals surface area contributed by atoms with Crippen molar-refractivity contribution in [3.8, 4) is 0 Å². The Kier molecular flexibility index (Phi) is 11.2. The first-order chi connectivity index (χ1) is 15.9. The molecule has 0 unspecified atom stereocenters. The molecule has 0 bridgehead atoms. The van der Waals surface area contributed by atoms with Crippen LogP contribution < -0.4 is 10.6 Å². The standard InChI is InChI=1S/C26H40N4O3.ClH/c1-3-4-5-16-30(23-12-8-21(9-13-23)26(32)33-2)25(31)20-14-17-29(18-15-20)22-10-6-19(7-11-22)24(27)28;/h6-7,10-11,20-21,23H,3-5,8-9,12-18H2,1-2H3,(H3,27,28);1H. The van der Waals surface area contributed by atoms with Crippen LogP contribution in [-0.4, -0.2) is 55.4 Å². The van der Waals surface area contributed by atoms with Gasteiger partial charge in [0.1, 0.15) is 5.84 Å². The number of anilines is 1. The molecule has 0 radical (unpaired) electrons. The van der Waals surface area contributed by atoms with Crippen LogP contribution in [0.1, 0.15) is 70.3 Å². The van der Waals surface area contributed by atoms with Gasteiger partial charge in [0.15, 0.2) is 0 Å². The van der Waals surface area contributed by atoms with E-state index < -0.39 is 0 Å². The maximum absolute atomic E-state index is 13.6. The number of nitrogens with zero attached hydrogens (tertiary/aromatic N) is 2. The minimum atomic E-state index is -0.110. The van der Waals surface area contributed by atoms with E-state index in [1.165, 1.54) is 7.11 Å². The van der Waals surface area contributed by atoms with Crippen LogP contribution in [0.4, 0.5) is 5.69 Å². The van der Waals surface area contributed by atoms with Crippen LogP contribution >= 0.6 is 12.4 Å². The number of benzene rings is 1. The average Bonchev–Trinajstić information content (AvgIpc) is 2.86. The summed E-state index contributed by atoms with van der Waals surface area (Å²) in [4.78, 5) is 30.0. The number of piperidine rings is 1. The Morgan fingerprint density at radius 3 is 2.18 bits per heavy atom. The van der Waals surface area contributed by atoms with Crippen LogP contribution in [0.15, 0.2) is 24.3 Å². The van der Waals surface area contributed by atoms with Crippen molar-refractivity contribution in [1.82, 2.24) is 4.90 Å². The summed E-state index contributed by atoms with van der Waals surface area (Å²) in [5, 5.41) is 7.55. The quantitative estimate of drug-likeness (QED) is 0.231. The monoisotopic (exact) mass is 492 g/mol. The molecule has 1 heterocycles. The zero-order chi connectivity index (χ0) is 23.8. The Bertz CT molecular complexity index is 801. The number of esters is 1. The summed E-state index contributed by atoms with van der Waals surface area (Å²) in [6, 6.07) is 8.03. The van der Waals surface area contributed by atoms with Gasteiger partial charge in [-0.2, -0.15) is 0 Å². The number of amidine groups is 1. The number of nitrogens with one attached hydrogen (secondary N) is 1. The van der Waals surface area contributed by atoms with E-state index in [1.54, 1.807) is 0 Å². The fourth-order valence-corrected chi connectivity index (χ4v) is 5.27. The molecule has 3 rings (SSSR count). The van der Waals surface area contributed by atoms with E-state index in [1.807, 2.05) is 24.3 Å². The molecule has 0 atom stereocenters. The van der Waals surface area contributed by atoms with Crippen LogP contribution in [0, 0.1) is 17.2 Å². The Hall–Kier alpha value is -2.28. The van der Waals surface area contributed by atoms with Gasteiger partial charge < -0.3 is 20.3 Å². The van der Waals surface area contributed by atoms with E-state index in [-0.39, 0.29) is 42.1 Å². The molecular weight excluding hydrogens is 452 g/mol. The van der Waals surface area contributed by atoms with Crippen molar-refractivity contribution in [2.75, 3.05) is 31.6 Å². The molecule has 0 aromatic heterocycles. The minimum Gasteiger partial charge on any atom is -0.469 e. The highest BCUT2D eigenvalue weighted by atomic mass is 35.5. The Labute approximate surface area is 210 Å². The van der Waals surface area contributed by atoms with Crippen LogP contribution in [0.5, 0.6) is 0 Å². The van der Waals surface area contributed by atoms with Gasteiger partial charge in [0.05, 0.1) is 13.0 Å². The lowest BCUT2D eigenvalue weighted by Crippen LogP contribution is -2.48. The van der Waals surface area contributed by atoms with Crippen molar-refractivity contribution < 1.29 is 14.3 Å². The minimum absolute atomic E-state index is 0. The topological polar surface area (TPSA) is 99.7 Å². The van der Waals surface area contributed by atoms with E-state index in [0.717, 1.165) is 88.7 Å². The molecule has 34 heavy (non-hydrogen) atoms. The lowest BCUT2D eigenvalue weighted by molar-refractivity contribution is -0.147. The molecule has 1 aromatic rings. The highest BCUT2D eigenvalue weighted by molar-refractivity contribution is 5.95. The second-order valence-corrected chi connectivity index (χ2v) is 9.49. The van der Waals surface area contributed by atoms with E-state index in [0.29, 0.717) is 5.91 Å². The molecule has 7 nitrogen and oxygen atoms in total. The van der Waals surface area contributed by atoms with Crippen molar-refractivity contribution >= 4 is 35.8 Å². The smallest absolute Gasteiger partial charge is 0.308 e. The largest absolute Gasteiger partial charge is 0.469 e. The number of carbonyl (C=O) groups is 2. The molecule has 1 aromatic carbocycles. The number of carbonyl (C=O) groups excluding carboxylic acids is 2. The number of amides is 1. The fraction of sp³-hybridized carbons (Fsp3) is 0.654. The summed E-state index contributed by atoms with van der Waals surface area (Å²) in [6.07, 6.45) is 8.42. The predicted molar refractivity (Wildman–Crippen MR) is 139 cm³/mol. The number of unbranched alkanes of at least 4 members (excludes halogenated alkanes) is 2. The number of nitrogens with two attached hydrogens (primary N) is 1. The lowest BCUT2D eigenvalue weighted by Gasteiger charge is -2.40. The molecule has 1 saturated carbocycles. The van der Waals surface area contributed by atoms with Crippen LogP contribution in [0.3, 0.4) is 0 Å². The van der Waals surface area contributed by atoms with E-state index >= 15 is 0 Å². The van der Waals surface area contributed by atoms with Gasteiger partial charge in [0, 0.05) is 42.8 Å². The zero-order valence-corrected chi connectivity index (χ0v) is 21.4. The van der Waals surface area contributed by atoms with Gasteiger partial charge in [0.25, 0.3) is 0 Å². The highest BCUT2D eigenvalue weighted by Crippen LogP contribution is 2.31. The first-order valence-corrected chi connectivity index (χ1v) is 12.5. The summed E-state index contributed by atoms with van der Waals surface area (Å²) >= 11 is 0. The van der Waals surface area contributed by atoms with Gasteiger partial charge in [0.2, 0.25) is 5.91 Å². The Balaban J connectivity index is 0.00000408. The maximum atomic E-state index is 13.6. The summed E-state index contributed by atoms with van der Waals surface area (Å²) in [6.45, 7) is 4.72. The third kappa shape index (κ3) is 7.11. The van der Waals surface area contributed by atoms with E-state index in [4.69, 9.17) is 15.9 Å². The van der Waals surface area contributed by atoms with Gasteiger partial charge in [-0.25, -0.2) is 0 Å². The highest BCUT2D eigenvalue weighted by Gasteiger charge is 2.35. The first-order valence-electron chi connectivity index (χ1n) is 12.5. The zero-order valence-electron chi connectivity index (χ0n) is 20.6. The average molecular weight is 493 g/mol. The van der Waals surface area contributed by atoms with E-state index in [2.05, 4.69) is 16.7 Å². The van der Waals surface area contributed by atoms with Crippen molar-refractivity contribution in [2.24, 2.45) is 17.6 Å². The summed E-state index contributed by atoms with van der Waals surface area (Å²) < 4.78 is 4.93. The maximum Gasteiger partial charge on any atom is 0.308 e. The SMILES string of the molecule is CCCCCN(C(=O)C1CCN(c2ccc(C(=N)N)cc2)CC1)C1CCC(C(=O)OC)CC1.Cl. The summed E-state index contributed by atoms with van der Waals surface area (Å²) in [5.41, 5.74) is 7.41. The fourth-order valence-electron chi connectivity index (χ4n) is 5.27. The van der Waals surface area contributed by atoms with Gasteiger partial charge >= 0.3 is 5.97 Å². The van der Waals surface area contributed by atoms with Gasteiger partial charge in [-0.15, -0.1) is 12.4 Å². The molecule has 0 spiro atoms. The van der Waals surface area contributed by atoms with Crippen LogP contribution in [0.25, 0.3) is 0 Å². The molecule has 8 heteroatoms. The van der Waals surface area contributed by atoms with Crippen LogP contribution in [0.2, 0.25) is 0 Å². The number of nitrogen functional groups attached to an aromatic ring is 1.